The SMILES string of the molecule is COc1ccc(OC(C)c2nnc(SCC(=O)Nc3cc(F)ccc3F)n2CC(C)C)cc1. The number of anilines is 1. The average Bonchev–Trinajstić information content (AvgIpc) is 3.17. The lowest BCUT2D eigenvalue weighted by Gasteiger charge is -2.18. The molecule has 0 saturated heterocycles. The fraction of sp³-hybridized carbons (Fsp3) is 0.348. The van der Waals surface area contributed by atoms with Crippen LogP contribution in [-0.2, 0) is 11.3 Å². The highest BCUT2D eigenvalue weighted by atomic mass is 32.2. The summed E-state index contributed by atoms with van der Waals surface area (Å²) in [6.07, 6.45) is -0.394. The van der Waals surface area contributed by atoms with Gasteiger partial charge in [-0.1, -0.05) is 25.6 Å². The highest BCUT2D eigenvalue weighted by molar-refractivity contribution is 7.99. The van der Waals surface area contributed by atoms with Crippen molar-refractivity contribution in [2.45, 2.75) is 38.6 Å². The Balaban J connectivity index is 1.70. The number of halogens is 2. The van der Waals surface area contributed by atoms with Crippen molar-refractivity contribution >= 4 is 23.4 Å². The molecule has 1 atom stereocenters. The molecule has 1 heterocycles. The van der Waals surface area contributed by atoms with Gasteiger partial charge in [-0.3, -0.25) is 4.79 Å². The summed E-state index contributed by atoms with van der Waals surface area (Å²) in [4.78, 5) is 12.3. The minimum absolute atomic E-state index is 0.0418. The highest BCUT2D eigenvalue weighted by Gasteiger charge is 2.21. The normalized spacial score (nSPS) is 12.0. The second-order valence-corrected chi connectivity index (χ2v) is 8.68. The van der Waals surface area contributed by atoms with Gasteiger partial charge in [-0.05, 0) is 49.2 Å². The zero-order valence-electron chi connectivity index (χ0n) is 18.8. The lowest BCUT2D eigenvalue weighted by atomic mass is 10.2. The molecule has 0 fully saturated rings. The number of nitrogens with zero attached hydrogens (tertiary/aromatic N) is 3. The van der Waals surface area contributed by atoms with Crippen molar-refractivity contribution in [3.05, 3.63) is 59.9 Å². The number of carbonyl (C=O) groups is 1. The van der Waals surface area contributed by atoms with Crippen LogP contribution in [0, 0.1) is 17.6 Å². The van der Waals surface area contributed by atoms with Gasteiger partial charge in [-0.25, -0.2) is 8.78 Å². The first-order valence-corrected chi connectivity index (χ1v) is 11.4. The molecule has 2 aromatic carbocycles. The molecule has 1 aromatic heterocycles. The standard InChI is InChI=1S/C23H26F2N4O3S/c1-14(2)12-29-22(15(3)32-18-8-6-17(31-4)7-9-18)27-28-23(29)33-13-21(30)26-20-11-16(24)5-10-19(20)25/h5-11,14-15H,12-13H2,1-4H3,(H,26,30). The second-order valence-electron chi connectivity index (χ2n) is 7.74. The largest absolute Gasteiger partial charge is 0.497 e. The van der Waals surface area contributed by atoms with E-state index in [2.05, 4.69) is 29.4 Å². The van der Waals surface area contributed by atoms with E-state index in [0.717, 1.165) is 35.7 Å². The van der Waals surface area contributed by atoms with Crippen molar-refractivity contribution < 1.29 is 23.0 Å². The van der Waals surface area contributed by atoms with E-state index in [-0.39, 0.29) is 11.4 Å². The monoisotopic (exact) mass is 476 g/mol. The number of aromatic nitrogens is 3. The van der Waals surface area contributed by atoms with Crippen molar-refractivity contribution in [3.63, 3.8) is 0 Å². The summed E-state index contributed by atoms with van der Waals surface area (Å²) in [5, 5.41) is 11.4. The molecular weight excluding hydrogens is 450 g/mol. The van der Waals surface area contributed by atoms with E-state index >= 15 is 0 Å². The summed E-state index contributed by atoms with van der Waals surface area (Å²) in [6, 6.07) is 10.1. The van der Waals surface area contributed by atoms with E-state index in [0.29, 0.717) is 29.2 Å². The van der Waals surface area contributed by atoms with Crippen LogP contribution in [0.5, 0.6) is 11.5 Å². The summed E-state index contributed by atoms with van der Waals surface area (Å²) in [5.74, 6) is 0.450. The zero-order chi connectivity index (χ0) is 24.0. The van der Waals surface area contributed by atoms with Crippen molar-refractivity contribution in [1.29, 1.82) is 0 Å². The fourth-order valence-electron chi connectivity index (χ4n) is 3.07. The van der Waals surface area contributed by atoms with Gasteiger partial charge in [-0.2, -0.15) is 0 Å². The van der Waals surface area contributed by atoms with Crippen LogP contribution in [0.2, 0.25) is 0 Å². The van der Waals surface area contributed by atoms with Crippen LogP contribution in [0.4, 0.5) is 14.5 Å². The number of hydrogen-bond acceptors (Lipinski definition) is 6. The van der Waals surface area contributed by atoms with Crippen LogP contribution in [0.3, 0.4) is 0 Å². The number of hydrogen-bond donors (Lipinski definition) is 1. The number of thioether (sulfide) groups is 1. The van der Waals surface area contributed by atoms with E-state index in [4.69, 9.17) is 9.47 Å². The Morgan fingerprint density at radius 3 is 2.45 bits per heavy atom. The number of carbonyl (C=O) groups excluding carboxylic acids is 1. The summed E-state index contributed by atoms with van der Waals surface area (Å²) in [6.45, 7) is 6.62. The quantitative estimate of drug-likeness (QED) is 0.411. The van der Waals surface area contributed by atoms with Crippen molar-refractivity contribution in [2.24, 2.45) is 5.92 Å². The molecule has 1 unspecified atom stereocenters. The maximum absolute atomic E-state index is 13.8. The van der Waals surface area contributed by atoms with Gasteiger partial charge in [0, 0.05) is 12.6 Å². The molecule has 0 aliphatic carbocycles. The van der Waals surface area contributed by atoms with Crippen molar-refractivity contribution in [3.8, 4) is 11.5 Å². The molecule has 3 rings (SSSR count). The summed E-state index contributed by atoms with van der Waals surface area (Å²) in [5.41, 5.74) is -0.202. The van der Waals surface area contributed by atoms with Gasteiger partial charge in [0.2, 0.25) is 5.91 Å². The first-order chi connectivity index (χ1) is 15.8. The minimum Gasteiger partial charge on any atom is -0.497 e. The molecule has 0 aliphatic rings. The third kappa shape index (κ3) is 6.67. The van der Waals surface area contributed by atoms with Gasteiger partial charge in [0.25, 0.3) is 0 Å². The first-order valence-electron chi connectivity index (χ1n) is 10.4. The molecule has 1 N–H and O–H groups in total. The summed E-state index contributed by atoms with van der Waals surface area (Å²) in [7, 11) is 1.60. The average molecular weight is 477 g/mol. The lowest BCUT2D eigenvalue weighted by molar-refractivity contribution is -0.113. The van der Waals surface area contributed by atoms with Crippen molar-refractivity contribution in [1.82, 2.24) is 14.8 Å². The van der Waals surface area contributed by atoms with E-state index < -0.39 is 23.6 Å². The van der Waals surface area contributed by atoms with Crippen LogP contribution >= 0.6 is 11.8 Å². The minimum atomic E-state index is -0.704. The fourth-order valence-corrected chi connectivity index (χ4v) is 3.82. The molecule has 0 bridgehead atoms. The molecular formula is C23H26F2N4O3S. The molecule has 0 spiro atoms. The number of rotatable bonds is 10. The smallest absolute Gasteiger partial charge is 0.234 e. The Bertz CT molecular complexity index is 1090. The van der Waals surface area contributed by atoms with Crippen LogP contribution < -0.4 is 14.8 Å². The third-order valence-corrected chi connectivity index (χ3v) is 5.53. The Morgan fingerprint density at radius 1 is 1.09 bits per heavy atom. The predicted octanol–water partition coefficient (Wildman–Crippen LogP) is 5.09. The molecule has 0 radical (unpaired) electrons. The number of nitrogens with one attached hydrogen (secondary N) is 1. The van der Waals surface area contributed by atoms with Crippen LogP contribution in [-0.4, -0.2) is 33.5 Å². The molecule has 33 heavy (non-hydrogen) atoms. The Hall–Kier alpha value is -3.14. The maximum Gasteiger partial charge on any atom is 0.234 e. The molecule has 0 aliphatic heterocycles. The summed E-state index contributed by atoms with van der Waals surface area (Å²) >= 11 is 1.16. The Labute approximate surface area is 195 Å². The Morgan fingerprint density at radius 2 is 1.79 bits per heavy atom. The van der Waals surface area contributed by atoms with Crippen LogP contribution in [0.25, 0.3) is 0 Å². The van der Waals surface area contributed by atoms with Gasteiger partial charge in [0.15, 0.2) is 17.1 Å². The zero-order valence-corrected chi connectivity index (χ0v) is 19.7. The molecule has 0 saturated carbocycles. The molecule has 1 amide bonds. The van der Waals surface area contributed by atoms with Gasteiger partial charge >= 0.3 is 0 Å². The second kappa shape index (κ2) is 11.1. The number of ether oxygens (including phenoxy) is 2. The Kier molecular flexibility index (Phi) is 8.26. The van der Waals surface area contributed by atoms with Gasteiger partial charge in [0.1, 0.15) is 23.1 Å². The van der Waals surface area contributed by atoms with Crippen LogP contribution in [0.15, 0.2) is 47.6 Å². The van der Waals surface area contributed by atoms with Gasteiger partial charge in [-0.15, -0.1) is 10.2 Å². The lowest BCUT2D eigenvalue weighted by Crippen LogP contribution is -2.17. The topological polar surface area (TPSA) is 78.3 Å². The first kappa shape index (κ1) is 24.5. The van der Waals surface area contributed by atoms with Gasteiger partial charge in [0.05, 0.1) is 18.6 Å². The molecule has 7 nitrogen and oxygen atoms in total. The molecule has 10 heteroatoms. The summed E-state index contributed by atoms with van der Waals surface area (Å²) < 4.78 is 40.2. The third-order valence-electron chi connectivity index (χ3n) is 4.56. The molecule has 176 valence electrons. The van der Waals surface area contributed by atoms with Crippen LogP contribution in [0.1, 0.15) is 32.7 Å². The molecule has 3 aromatic rings. The van der Waals surface area contributed by atoms with E-state index in [9.17, 15) is 13.6 Å². The van der Waals surface area contributed by atoms with E-state index in [1.54, 1.807) is 7.11 Å². The number of methoxy groups -OCH3 is 1. The van der Waals surface area contributed by atoms with E-state index in [1.807, 2.05) is 35.8 Å². The highest BCUT2D eigenvalue weighted by Crippen LogP contribution is 2.27. The predicted molar refractivity (Wildman–Crippen MR) is 123 cm³/mol. The number of benzene rings is 2. The number of amides is 1. The van der Waals surface area contributed by atoms with Crippen molar-refractivity contribution in [2.75, 3.05) is 18.2 Å². The van der Waals surface area contributed by atoms with E-state index in [1.165, 1.54) is 0 Å². The maximum atomic E-state index is 13.8. The van der Waals surface area contributed by atoms with Gasteiger partial charge < -0.3 is 19.4 Å².